The Morgan fingerprint density at radius 1 is 1.03 bits per heavy atom. The van der Waals surface area contributed by atoms with Gasteiger partial charge in [0.15, 0.2) is 0 Å². The Morgan fingerprint density at radius 2 is 1.71 bits per heavy atom. The van der Waals surface area contributed by atoms with Crippen LogP contribution in [0.4, 0.5) is 5.69 Å². The molecular weight excluding hydrogens is 392 g/mol. The first-order valence-electron chi connectivity index (χ1n) is 11.4. The number of carbonyl (C=O) groups is 4. The quantitative estimate of drug-likeness (QED) is 0.387. The fourth-order valence-corrected chi connectivity index (χ4v) is 3.73. The molecule has 1 atom stereocenters. The van der Waals surface area contributed by atoms with Crippen molar-refractivity contribution >= 4 is 29.2 Å². The van der Waals surface area contributed by atoms with Crippen LogP contribution in [0.1, 0.15) is 73.2 Å². The summed E-state index contributed by atoms with van der Waals surface area (Å²) < 4.78 is 0. The maximum Gasteiger partial charge on any atom is 0.233 e. The highest BCUT2D eigenvalue weighted by molar-refractivity contribution is 6.03. The molecule has 172 valence electrons. The van der Waals surface area contributed by atoms with E-state index in [1.807, 2.05) is 52.0 Å². The van der Waals surface area contributed by atoms with E-state index in [-0.39, 0.29) is 42.7 Å². The number of imide groups is 1. The number of anilines is 1. The van der Waals surface area contributed by atoms with Crippen LogP contribution in [0, 0.1) is 17.8 Å². The minimum absolute atomic E-state index is 0. The van der Waals surface area contributed by atoms with Gasteiger partial charge in [-0.05, 0) is 42.9 Å². The number of nitrogens with zero attached hydrogens (tertiary/aromatic N) is 1. The third-order valence-corrected chi connectivity index (χ3v) is 5.91. The van der Waals surface area contributed by atoms with Gasteiger partial charge in [-0.2, -0.15) is 0 Å². The van der Waals surface area contributed by atoms with Crippen LogP contribution in [-0.4, -0.2) is 34.9 Å². The van der Waals surface area contributed by atoms with Crippen molar-refractivity contribution in [1.82, 2.24) is 4.90 Å². The summed E-state index contributed by atoms with van der Waals surface area (Å²) in [5.74, 6) is 0.161. The van der Waals surface area contributed by atoms with E-state index in [2.05, 4.69) is 5.32 Å². The molecule has 1 fully saturated rings. The number of hydrogen-bond acceptors (Lipinski definition) is 4. The van der Waals surface area contributed by atoms with Crippen LogP contribution >= 0.6 is 0 Å². The molecule has 1 N–H and O–H groups in total. The van der Waals surface area contributed by atoms with Gasteiger partial charge in [-0.25, -0.2) is 0 Å². The number of hydrogen-bond donors (Lipinski definition) is 1. The SMILES string of the molecule is CC(C)C(=O)CCc1ccc(NC(=O)CCCCCN2C(=O)CC(C(C)C)C2=O)cc1.[HH]. The fourth-order valence-electron chi connectivity index (χ4n) is 3.73. The van der Waals surface area contributed by atoms with Crippen molar-refractivity contribution in [3.8, 4) is 0 Å². The summed E-state index contributed by atoms with van der Waals surface area (Å²) in [7, 11) is 0. The Kier molecular flexibility index (Phi) is 9.41. The number of aryl methyl sites for hydroxylation is 1. The van der Waals surface area contributed by atoms with Gasteiger partial charge in [0.1, 0.15) is 5.78 Å². The van der Waals surface area contributed by atoms with Crippen LogP contribution in [0.3, 0.4) is 0 Å². The summed E-state index contributed by atoms with van der Waals surface area (Å²) in [4.78, 5) is 49.6. The van der Waals surface area contributed by atoms with Gasteiger partial charge in [-0.3, -0.25) is 24.1 Å². The minimum atomic E-state index is -0.180. The normalized spacial score (nSPS) is 16.5. The van der Waals surface area contributed by atoms with Gasteiger partial charge >= 0.3 is 0 Å². The molecule has 31 heavy (non-hydrogen) atoms. The van der Waals surface area contributed by atoms with E-state index in [1.165, 1.54) is 4.90 Å². The van der Waals surface area contributed by atoms with E-state index in [0.717, 1.165) is 24.1 Å². The van der Waals surface area contributed by atoms with Crippen LogP contribution in [-0.2, 0) is 25.6 Å². The molecule has 1 unspecified atom stereocenters. The van der Waals surface area contributed by atoms with Crippen LogP contribution in [0.2, 0.25) is 0 Å². The number of rotatable bonds is 12. The molecule has 1 heterocycles. The van der Waals surface area contributed by atoms with Gasteiger partial charge < -0.3 is 5.32 Å². The molecule has 0 saturated carbocycles. The number of ketones is 1. The van der Waals surface area contributed by atoms with E-state index < -0.39 is 0 Å². The number of Topliss-reactive ketones (excluding diaryl/α,β-unsaturated/α-hetero) is 1. The van der Waals surface area contributed by atoms with E-state index in [4.69, 9.17) is 0 Å². The zero-order valence-electron chi connectivity index (χ0n) is 19.3. The summed E-state index contributed by atoms with van der Waals surface area (Å²) >= 11 is 0. The predicted molar refractivity (Wildman–Crippen MR) is 123 cm³/mol. The number of unbranched alkanes of at least 4 members (excludes halogenated alkanes) is 2. The Labute approximate surface area is 187 Å². The van der Waals surface area contributed by atoms with Crippen molar-refractivity contribution in [2.75, 3.05) is 11.9 Å². The monoisotopic (exact) mass is 430 g/mol. The average Bonchev–Trinajstić information content (AvgIpc) is 3.01. The summed E-state index contributed by atoms with van der Waals surface area (Å²) in [6, 6.07) is 7.61. The average molecular weight is 431 g/mol. The smallest absolute Gasteiger partial charge is 0.233 e. The maximum absolute atomic E-state index is 12.3. The fraction of sp³-hybridized carbons (Fsp3) is 0.600. The summed E-state index contributed by atoms with van der Waals surface area (Å²) in [6.07, 6.45) is 4.21. The van der Waals surface area contributed by atoms with Crippen molar-refractivity contribution in [3.63, 3.8) is 0 Å². The maximum atomic E-state index is 12.3. The Bertz CT molecular complexity index is 790. The topological polar surface area (TPSA) is 83.6 Å². The molecule has 6 heteroatoms. The number of nitrogens with one attached hydrogen (secondary N) is 1. The van der Waals surface area contributed by atoms with Crippen molar-refractivity contribution < 1.29 is 20.6 Å². The first kappa shape index (κ1) is 24.8. The lowest BCUT2D eigenvalue weighted by atomic mass is 9.94. The molecule has 0 bridgehead atoms. The molecule has 0 aliphatic carbocycles. The van der Waals surface area contributed by atoms with Crippen molar-refractivity contribution in [1.29, 1.82) is 0 Å². The predicted octanol–water partition coefficient (Wildman–Crippen LogP) is 4.62. The van der Waals surface area contributed by atoms with Crippen LogP contribution in [0.25, 0.3) is 0 Å². The first-order valence-corrected chi connectivity index (χ1v) is 11.4. The minimum Gasteiger partial charge on any atom is -0.326 e. The summed E-state index contributed by atoms with van der Waals surface area (Å²) in [6.45, 7) is 8.21. The molecule has 0 aromatic heterocycles. The highest BCUT2D eigenvalue weighted by Crippen LogP contribution is 2.26. The molecule has 0 radical (unpaired) electrons. The molecule has 3 amide bonds. The van der Waals surface area contributed by atoms with Gasteiger partial charge in [0, 0.05) is 44.8 Å². The van der Waals surface area contributed by atoms with Gasteiger partial charge in [0.2, 0.25) is 17.7 Å². The van der Waals surface area contributed by atoms with E-state index >= 15 is 0 Å². The van der Waals surface area contributed by atoms with Crippen molar-refractivity contribution in [2.24, 2.45) is 17.8 Å². The lowest BCUT2D eigenvalue weighted by Gasteiger charge is -2.16. The highest BCUT2D eigenvalue weighted by Gasteiger charge is 2.39. The largest absolute Gasteiger partial charge is 0.326 e. The summed E-state index contributed by atoms with van der Waals surface area (Å²) in [5, 5.41) is 2.89. The lowest BCUT2D eigenvalue weighted by molar-refractivity contribution is -0.139. The van der Waals surface area contributed by atoms with Crippen molar-refractivity contribution in [2.45, 2.75) is 72.6 Å². The lowest BCUT2D eigenvalue weighted by Crippen LogP contribution is -2.32. The third-order valence-electron chi connectivity index (χ3n) is 5.91. The zero-order valence-corrected chi connectivity index (χ0v) is 19.3. The Hall–Kier alpha value is -2.50. The Balaban J connectivity index is 0.00000512. The number of benzene rings is 1. The van der Waals surface area contributed by atoms with Crippen molar-refractivity contribution in [3.05, 3.63) is 29.8 Å². The molecule has 2 rings (SSSR count). The second-order valence-electron chi connectivity index (χ2n) is 9.12. The van der Waals surface area contributed by atoms with Crippen LogP contribution < -0.4 is 5.32 Å². The molecule has 1 aliphatic rings. The molecule has 6 nitrogen and oxygen atoms in total. The van der Waals surface area contributed by atoms with Gasteiger partial charge in [-0.1, -0.05) is 46.2 Å². The Morgan fingerprint density at radius 3 is 2.29 bits per heavy atom. The zero-order chi connectivity index (χ0) is 23.0. The highest BCUT2D eigenvalue weighted by atomic mass is 16.2. The van der Waals surface area contributed by atoms with Gasteiger partial charge in [0.25, 0.3) is 0 Å². The number of likely N-dealkylation sites (tertiary alicyclic amines) is 1. The molecule has 1 aromatic carbocycles. The standard InChI is InChI=1S/C25H36N2O4.H2/c1-17(2)21-16-24(30)27(25(21)31)15-7-5-6-8-23(29)26-20-12-9-19(10-13-20)11-14-22(28)18(3)4;/h9-10,12-13,17-18,21H,5-8,11,14-16H2,1-4H3,(H,26,29);1H. The van der Waals surface area contributed by atoms with Gasteiger partial charge in [-0.15, -0.1) is 0 Å². The van der Waals surface area contributed by atoms with Crippen LogP contribution in [0.5, 0.6) is 0 Å². The molecule has 1 aliphatic heterocycles. The van der Waals surface area contributed by atoms with E-state index in [1.54, 1.807) is 0 Å². The van der Waals surface area contributed by atoms with E-state index in [9.17, 15) is 19.2 Å². The second kappa shape index (κ2) is 11.8. The molecule has 1 aromatic rings. The second-order valence-corrected chi connectivity index (χ2v) is 9.12. The number of carbonyl (C=O) groups excluding carboxylic acids is 4. The molecule has 0 spiro atoms. The number of amides is 3. The van der Waals surface area contributed by atoms with Gasteiger partial charge in [0.05, 0.1) is 0 Å². The van der Waals surface area contributed by atoms with Crippen LogP contribution in [0.15, 0.2) is 24.3 Å². The summed E-state index contributed by atoms with van der Waals surface area (Å²) in [5.41, 5.74) is 1.83. The third kappa shape index (κ3) is 7.60. The first-order chi connectivity index (χ1) is 14.7. The molecule has 1 saturated heterocycles. The molecular formula is C25H38N2O4. The van der Waals surface area contributed by atoms with E-state index in [0.29, 0.717) is 38.6 Å².